The number of benzene rings is 2. The third-order valence-electron chi connectivity index (χ3n) is 6.64. The molecule has 4 rings (SSSR count). The van der Waals surface area contributed by atoms with Gasteiger partial charge < -0.3 is 19.7 Å². The van der Waals surface area contributed by atoms with E-state index in [-0.39, 0.29) is 13.2 Å². The number of ether oxygens (including phenoxy) is 2. The summed E-state index contributed by atoms with van der Waals surface area (Å²) in [5.41, 5.74) is 0.679. The first-order chi connectivity index (χ1) is 14.9. The molecule has 5 heteroatoms. The summed E-state index contributed by atoms with van der Waals surface area (Å²) in [6, 6.07) is 18.4. The van der Waals surface area contributed by atoms with Gasteiger partial charge in [0.25, 0.3) is 0 Å². The molecule has 2 N–H and O–H groups in total. The van der Waals surface area contributed by atoms with Crippen molar-refractivity contribution < 1.29 is 19.7 Å². The predicted molar refractivity (Wildman–Crippen MR) is 121 cm³/mol. The molecule has 2 aromatic carbocycles. The summed E-state index contributed by atoms with van der Waals surface area (Å²) in [4.78, 5) is 2.15. The summed E-state index contributed by atoms with van der Waals surface area (Å²) in [5.74, 6) is 1.27. The molecule has 0 unspecified atom stereocenters. The summed E-state index contributed by atoms with van der Waals surface area (Å²) < 4.78 is 11.6. The molecule has 168 valence electrons. The number of rotatable bonds is 6. The van der Waals surface area contributed by atoms with E-state index in [2.05, 4.69) is 29.2 Å². The Labute approximate surface area is 185 Å². The summed E-state index contributed by atoms with van der Waals surface area (Å²) in [6.45, 7) is 4.68. The predicted octanol–water partition coefficient (Wildman–Crippen LogP) is 3.53. The molecule has 2 aliphatic rings. The molecule has 2 aromatic rings. The quantitative estimate of drug-likeness (QED) is 0.742. The lowest BCUT2D eigenvalue weighted by Gasteiger charge is -2.40. The van der Waals surface area contributed by atoms with Crippen LogP contribution in [-0.2, 0) is 4.74 Å². The minimum atomic E-state index is -1.10. The van der Waals surface area contributed by atoms with Gasteiger partial charge in [-0.3, -0.25) is 4.90 Å². The molecular weight excluding hydrogens is 390 g/mol. The maximum atomic E-state index is 11.3. The van der Waals surface area contributed by atoms with Crippen LogP contribution in [0.1, 0.15) is 42.7 Å². The molecule has 0 radical (unpaired) electrons. The molecular formula is C26H35NO4. The van der Waals surface area contributed by atoms with Crippen LogP contribution in [0.3, 0.4) is 0 Å². The molecule has 2 fully saturated rings. The van der Waals surface area contributed by atoms with E-state index >= 15 is 0 Å². The second-order valence-corrected chi connectivity index (χ2v) is 9.50. The molecule has 0 amide bonds. The zero-order valence-electron chi connectivity index (χ0n) is 18.5. The van der Waals surface area contributed by atoms with Crippen LogP contribution >= 0.6 is 0 Å². The highest BCUT2D eigenvalue weighted by molar-refractivity contribution is 5.27. The first-order valence-corrected chi connectivity index (χ1v) is 11.4. The Hall–Kier alpha value is -1.92. The van der Waals surface area contributed by atoms with Gasteiger partial charge in [-0.05, 0) is 61.8 Å². The normalized spacial score (nSPS) is 30.0. The van der Waals surface area contributed by atoms with Crippen molar-refractivity contribution in [3.8, 4) is 5.75 Å². The Bertz CT molecular complexity index is 834. The smallest absolute Gasteiger partial charge is 0.134 e. The fourth-order valence-corrected chi connectivity index (χ4v) is 4.93. The fraction of sp³-hybridized carbons (Fsp3) is 0.538. The van der Waals surface area contributed by atoms with Crippen LogP contribution < -0.4 is 4.74 Å². The Morgan fingerprint density at radius 2 is 1.81 bits per heavy atom. The van der Waals surface area contributed by atoms with E-state index in [1.54, 1.807) is 0 Å². The van der Waals surface area contributed by atoms with Crippen LogP contribution in [0, 0.1) is 6.92 Å². The topological polar surface area (TPSA) is 62.2 Å². The standard InChI is InChI=1S/C26H35NO4/c1-21-6-5-9-24(16-21)31-20-26(29)18-27(14-15-30-19-26)17-25(28)12-10-23(11-13-25)22-7-3-2-4-8-22/h2-9,16,23,28-29H,10-15,17-20H2,1H3/t23?,25?,26-/m1/s1. The van der Waals surface area contributed by atoms with E-state index in [0.29, 0.717) is 32.2 Å². The Morgan fingerprint density at radius 1 is 1.03 bits per heavy atom. The summed E-state index contributed by atoms with van der Waals surface area (Å²) in [5, 5.41) is 22.5. The van der Waals surface area contributed by atoms with Crippen molar-refractivity contribution in [2.75, 3.05) is 39.5 Å². The first kappa shape index (κ1) is 22.3. The van der Waals surface area contributed by atoms with E-state index in [1.807, 2.05) is 37.3 Å². The van der Waals surface area contributed by atoms with Crippen molar-refractivity contribution in [2.24, 2.45) is 0 Å². The molecule has 0 aromatic heterocycles. The number of nitrogens with zero attached hydrogens (tertiary/aromatic N) is 1. The lowest BCUT2D eigenvalue weighted by Crippen LogP contribution is -2.53. The van der Waals surface area contributed by atoms with Crippen molar-refractivity contribution >= 4 is 0 Å². The SMILES string of the molecule is Cc1cccc(OC[C@]2(O)COCCN(CC3(O)CCC(c4ccccc4)CC3)C2)c1. The molecule has 0 bridgehead atoms. The molecule has 31 heavy (non-hydrogen) atoms. The Balaban J connectivity index is 1.33. The third-order valence-corrected chi connectivity index (χ3v) is 6.64. The number of hydrogen-bond acceptors (Lipinski definition) is 5. The largest absolute Gasteiger partial charge is 0.490 e. The minimum Gasteiger partial charge on any atom is -0.490 e. The van der Waals surface area contributed by atoms with Gasteiger partial charge in [0.1, 0.15) is 18.0 Å². The zero-order valence-corrected chi connectivity index (χ0v) is 18.5. The molecule has 5 nitrogen and oxygen atoms in total. The van der Waals surface area contributed by atoms with Crippen molar-refractivity contribution in [3.63, 3.8) is 0 Å². The van der Waals surface area contributed by atoms with Gasteiger partial charge in [-0.15, -0.1) is 0 Å². The van der Waals surface area contributed by atoms with E-state index in [1.165, 1.54) is 5.56 Å². The lowest BCUT2D eigenvalue weighted by molar-refractivity contribution is -0.0766. The third kappa shape index (κ3) is 6.07. The zero-order chi connectivity index (χ0) is 21.7. The highest BCUT2D eigenvalue weighted by atomic mass is 16.5. The molecule has 1 atom stereocenters. The average molecular weight is 426 g/mol. The van der Waals surface area contributed by atoms with E-state index < -0.39 is 11.2 Å². The van der Waals surface area contributed by atoms with Gasteiger partial charge in [0.05, 0.1) is 18.8 Å². The van der Waals surface area contributed by atoms with Crippen LogP contribution in [0.25, 0.3) is 0 Å². The maximum absolute atomic E-state index is 11.3. The second-order valence-electron chi connectivity index (χ2n) is 9.50. The average Bonchev–Trinajstić information content (AvgIpc) is 2.94. The number of β-amino-alcohol motifs (C(OH)–C–C–N with tert-alkyl or cyclic N) is 2. The minimum absolute atomic E-state index is 0.168. The molecule has 1 saturated heterocycles. The molecule has 1 aliphatic carbocycles. The molecule has 0 spiro atoms. The monoisotopic (exact) mass is 425 g/mol. The molecule has 1 heterocycles. The fourth-order valence-electron chi connectivity index (χ4n) is 4.93. The number of hydrogen-bond donors (Lipinski definition) is 2. The first-order valence-electron chi connectivity index (χ1n) is 11.4. The van der Waals surface area contributed by atoms with Gasteiger partial charge >= 0.3 is 0 Å². The van der Waals surface area contributed by atoms with Crippen LogP contribution in [0.15, 0.2) is 54.6 Å². The van der Waals surface area contributed by atoms with E-state index in [0.717, 1.165) is 37.0 Å². The molecule has 1 saturated carbocycles. The highest BCUT2D eigenvalue weighted by Crippen LogP contribution is 2.38. The van der Waals surface area contributed by atoms with Gasteiger partial charge in [-0.2, -0.15) is 0 Å². The number of aryl methyl sites for hydroxylation is 1. The lowest BCUT2D eigenvalue weighted by atomic mass is 9.76. The molecule has 1 aliphatic heterocycles. The van der Waals surface area contributed by atoms with Crippen LogP contribution in [0.2, 0.25) is 0 Å². The Morgan fingerprint density at radius 3 is 2.55 bits per heavy atom. The van der Waals surface area contributed by atoms with Gasteiger partial charge in [0.2, 0.25) is 0 Å². The van der Waals surface area contributed by atoms with Gasteiger partial charge in [-0.1, -0.05) is 42.5 Å². The van der Waals surface area contributed by atoms with E-state index in [9.17, 15) is 10.2 Å². The summed E-state index contributed by atoms with van der Waals surface area (Å²) >= 11 is 0. The van der Waals surface area contributed by atoms with Gasteiger partial charge in [0, 0.05) is 19.6 Å². The van der Waals surface area contributed by atoms with Crippen LogP contribution in [0.4, 0.5) is 0 Å². The second kappa shape index (κ2) is 9.70. The maximum Gasteiger partial charge on any atom is 0.134 e. The van der Waals surface area contributed by atoms with Crippen molar-refractivity contribution in [1.82, 2.24) is 4.90 Å². The van der Waals surface area contributed by atoms with Gasteiger partial charge in [0.15, 0.2) is 0 Å². The summed E-state index contributed by atoms with van der Waals surface area (Å²) in [6.07, 6.45) is 3.54. The van der Waals surface area contributed by atoms with Gasteiger partial charge in [-0.25, -0.2) is 0 Å². The number of aliphatic hydroxyl groups is 2. The van der Waals surface area contributed by atoms with Crippen molar-refractivity contribution in [2.45, 2.75) is 49.7 Å². The highest BCUT2D eigenvalue weighted by Gasteiger charge is 2.39. The Kier molecular flexibility index (Phi) is 6.97. The van der Waals surface area contributed by atoms with Crippen molar-refractivity contribution in [3.05, 3.63) is 65.7 Å². The van der Waals surface area contributed by atoms with Crippen LogP contribution in [0.5, 0.6) is 5.75 Å². The van der Waals surface area contributed by atoms with Crippen LogP contribution in [-0.4, -0.2) is 65.8 Å². The van der Waals surface area contributed by atoms with E-state index in [4.69, 9.17) is 9.47 Å². The summed E-state index contributed by atoms with van der Waals surface area (Å²) in [7, 11) is 0. The van der Waals surface area contributed by atoms with Crippen molar-refractivity contribution in [1.29, 1.82) is 0 Å².